The van der Waals surface area contributed by atoms with E-state index in [2.05, 4.69) is 10.6 Å². The minimum atomic E-state index is -1.01. The fourth-order valence-corrected chi connectivity index (χ4v) is 1.75. The molecule has 0 saturated heterocycles. The van der Waals surface area contributed by atoms with Crippen molar-refractivity contribution in [3.8, 4) is 0 Å². The summed E-state index contributed by atoms with van der Waals surface area (Å²) in [5, 5.41) is 14.7. The van der Waals surface area contributed by atoms with Gasteiger partial charge < -0.3 is 15.7 Å². The third-order valence-electron chi connectivity index (χ3n) is 3.08. The van der Waals surface area contributed by atoms with E-state index in [1.165, 1.54) is 0 Å². The maximum atomic E-state index is 11.9. The van der Waals surface area contributed by atoms with Crippen LogP contribution in [0, 0.1) is 5.92 Å². The first kappa shape index (κ1) is 16.2. The lowest BCUT2D eigenvalue weighted by Gasteiger charge is -2.21. The Morgan fingerprint density at radius 3 is 2.25 bits per heavy atom. The molecule has 0 bridgehead atoms. The fourth-order valence-electron chi connectivity index (χ4n) is 1.75. The fraction of sp³-hybridized carbons (Fsp3) is 0.467. The zero-order valence-electron chi connectivity index (χ0n) is 12.1. The summed E-state index contributed by atoms with van der Waals surface area (Å²) in [6, 6.07) is 8.42. The van der Waals surface area contributed by atoms with E-state index in [1.807, 2.05) is 30.3 Å². The van der Waals surface area contributed by atoms with Gasteiger partial charge in [0.2, 0.25) is 5.91 Å². The summed E-state index contributed by atoms with van der Waals surface area (Å²) in [5.41, 5.74) is 1.07. The molecule has 20 heavy (non-hydrogen) atoms. The number of amides is 1. The Morgan fingerprint density at radius 2 is 1.75 bits per heavy atom. The molecule has 0 spiro atoms. The van der Waals surface area contributed by atoms with Gasteiger partial charge in [-0.05, 0) is 18.4 Å². The molecule has 1 aromatic rings. The molecule has 110 valence electrons. The highest BCUT2D eigenvalue weighted by Gasteiger charge is 2.25. The number of carbonyl (C=O) groups excluding carboxylic acids is 1. The Balaban J connectivity index is 2.48. The molecule has 0 heterocycles. The number of rotatable bonds is 7. The van der Waals surface area contributed by atoms with E-state index < -0.39 is 18.1 Å². The van der Waals surface area contributed by atoms with Gasteiger partial charge >= 0.3 is 5.97 Å². The zero-order chi connectivity index (χ0) is 15.1. The summed E-state index contributed by atoms with van der Waals surface area (Å²) >= 11 is 0. The zero-order valence-corrected chi connectivity index (χ0v) is 12.1. The van der Waals surface area contributed by atoms with Gasteiger partial charge in [-0.25, -0.2) is 4.79 Å². The molecule has 0 fully saturated rings. The van der Waals surface area contributed by atoms with Crippen molar-refractivity contribution in [1.29, 1.82) is 0 Å². The Morgan fingerprint density at radius 1 is 1.15 bits per heavy atom. The van der Waals surface area contributed by atoms with Crippen LogP contribution in [0.25, 0.3) is 0 Å². The SMILES string of the molecule is CC(C)[C@H](NC(=O)[C@H](C)NCc1ccccc1)C(=O)O. The van der Waals surface area contributed by atoms with Crippen LogP contribution < -0.4 is 10.6 Å². The van der Waals surface area contributed by atoms with Crippen molar-refractivity contribution in [3.05, 3.63) is 35.9 Å². The molecule has 0 aromatic heterocycles. The van der Waals surface area contributed by atoms with Crippen LogP contribution in [-0.4, -0.2) is 29.1 Å². The number of hydrogen-bond donors (Lipinski definition) is 3. The molecule has 0 saturated carbocycles. The topological polar surface area (TPSA) is 78.4 Å². The number of carboxylic acids is 1. The minimum absolute atomic E-state index is 0.155. The van der Waals surface area contributed by atoms with E-state index in [1.54, 1.807) is 20.8 Å². The predicted molar refractivity (Wildman–Crippen MR) is 77.1 cm³/mol. The number of nitrogens with one attached hydrogen (secondary N) is 2. The molecule has 1 amide bonds. The van der Waals surface area contributed by atoms with E-state index in [4.69, 9.17) is 5.11 Å². The van der Waals surface area contributed by atoms with Crippen LogP contribution >= 0.6 is 0 Å². The average Bonchev–Trinajstić information content (AvgIpc) is 2.42. The largest absolute Gasteiger partial charge is 0.480 e. The molecule has 0 unspecified atom stereocenters. The van der Waals surface area contributed by atoms with Crippen LogP contribution in [0.3, 0.4) is 0 Å². The quantitative estimate of drug-likeness (QED) is 0.704. The van der Waals surface area contributed by atoms with Crippen molar-refractivity contribution in [2.45, 2.75) is 39.4 Å². The summed E-state index contributed by atoms with van der Waals surface area (Å²) in [7, 11) is 0. The maximum Gasteiger partial charge on any atom is 0.326 e. The first-order valence-corrected chi connectivity index (χ1v) is 6.72. The second-order valence-corrected chi connectivity index (χ2v) is 5.16. The molecule has 2 atom stereocenters. The first-order valence-electron chi connectivity index (χ1n) is 6.72. The minimum Gasteiger partial charge on any atom is -0.480 e. The van der Waals surface area contributed by atoms with Crippen LogP contribution in [0.2, 0.25) is 0 Å². The predicted octanol–water partition coefficient (Wildman–Crippen LogP) is 1.39. The average molecular weight is 278 g/mol. The van der Waals surface area contributed by atoms with E-state index >= 15 is 0 Å². The van der Waals surface area contributed by atoms with Crippen LogP contribution in [0.1, 0.15) is 26.3 Å². The number of aliphatic carboxylic acids is 1. The highest BCUT2D eigenvalue weighted by Crippen LogP contribution is 2.03. The normalized spacial score (nSPS) is 13.8. The Hall–Kier alpha value is -1.88. The Kier molecular flexibility index (Phi) is 6.18. The molecular weight excluding hydrogens is 256 g/mol. The number of benzene rings is 1. The molecule has 5 nitrogen and oxygen atoms in total. The van der Waals surface area contributed by atoms with E-state index in [0.717, 1.165) is 5.56 Å². The highest BCUT2D eigenvalue weighted by atomic mass is 16.4. The smallest absolute Gasteiger partial charge is 0.326 e. The van der Waals surface area contributed by atoms with Gasteiger partial charge in [-0.3, -0.25) is 4.79 Å². The second kappa shape index (κ2) is 7.65. The second-order valence-electron chi connectivity index (χ2n) is 5.16. The van der Waals surface area contributed by atoms with Crippen molar-refractivity contribution < 1.29 is 14.7 Å². The molecule has 0 aliphatic rings. The lowest BCUT2D eigenvalue weighted by atomic mass is 10.0. The summed E-state index contributed by atoms with van der Waals surface area (Å²) in [6.45, 7) is 5.81. The molecular formula is C15H22N2O3. The van der Waals surface area contributed by atoms with Gasteiger partial charge in [0.1, 0.15) is 6.04 Å². The molecule has 1 aromatic carbocycles. The lowest BCUT2D eigenvalue weighted by molar-refractivity contribution is -0.143. The molecule has 5 heteroatoms. The first-order chi connectivity index (χ1) is 9.41. The van der Waals surface area contributed by atoms with Crippen molar-refractivity contribution in [3.63, 3.8) is 0 Å². The molecule has 3 N–H and O–H groups in total. The van der Waals surface area contributed by atoms with Gasteiger partial charge in [0, 0.05) is 6.54 Å². The molecule has 1 rings (SSSR count). The molecule has 0 aliphatic carbocycles. The Labute approximate surface area is 119 Å². The van der Waals surface area contributed by atoms with Crippen LogP contribution in [0.5, 0.6) is 0 Å². The third-order valence-corrected chi connectivity index (χ3v) is 3.08. The van der Waals surface area contributed by atoms with Gasteiger partial charge in [-0.15, -0.1) is 0 Å². The van der Waals surface area contributed by atoms with E-state index in [0.29, 0.717) is 6.54 Å². The molecule has 0 radical (unpaired) electrons. The van der Waals surface area contributed by atoms with Crippen LogP contribution in [0.15, 0.2) is 30.3 Å². The van der Waals surface area contributed by atoms with Gasteiger partial charge in [0.15, 0.2) is 0 Å². The van der Waals surface area contributed by atoms with Crippen molar-refractivity contribution >= 4 is 11.9 Å². The number of hydrogen-bond acceptors (Lipinski definition) is 3. The van der Waals surface area contributed by atoms with Crippen molar-refractivity contribution in [2.75, 3.05) is 0 Å². The summed E-state index contributed by atoms with van der Waals surface area (Å²) < 4.78 is 0. The highest BCUT2D eigenvalue weighted by molar-refractivity contribution is 5.86. The van der Waals surface area contributed by atoms with E-state index in [9.17, 15) is 9.59 Å². The van der Waals surface area contributed by atoms with Gasteiger partial charge in [0.25, 0.3) is 0 Å². The Bertz CT molecular complexity index is 446. The van der Waals surface area contributed by atoms with Gasteiger partial charge in [-0.1, -0.05) is 44.2 Å². The van der Waals surface area contributed by atoms with Crippen LogP contribution in [-0.2, 0) is 16.1 Å². The summed E-state index contributed by atoms with van der Waals surface area (Å²) in [4.78, 5) is 23.0. The van der Waals surface area contributed by atoms with Crippen molar-refractivity contribution in [1.82, 2.24) is 10.6 Å². The number of carbonyl (C=O) groups is 2. The maximum absolute atomic E-state index is 11.9. The van der Waals surface area contributed by atoms with Crippen molar-refractivity contribution in [2.24, 2.45) is 5.92 Å². The van der Waals surface area contributed by atoms with E-state index in [-0.39, 0.29) is 11.8 Å². The van der Waals surface area contributed by atoms with Crippen LogP contribution in [0.4, 0.5) is 0 Å². The summed E-state index contributed by atoms with van der Waals surface area (Å²) in [6.07, 6.45) is 0. The third kappa shape index (κ3) is 5.01. The van der Waals surface area contributed by atoms with Gasteiger partial charge in [-0.2, -0.15) is 0 Å². The lowest BCUT2D eigenvalue weighted by Crippen LogP contribution is -2.50. The summed E-state index contributed by atoms with van der Waals surface area (Å²) in [5.74, 6) is -1.47. The standard InChI is InChI=1S/C15H22N2O3/c1-10(2)13(15(19)20)17-14(18)11(3)16-9-12-7-5-4-6-8-12/h4-8,10-11,13,16H,9H2,1-3H3,(H,17,18)(H,19,20)/t11-,13-/m0/s1. The number of carboxylic acid groups (broad SMARTS) is 1. The monoisotopic (exact) mass is 278 g/mol. The molecule has 0 aliphatic heterocycles. The van der Waals surface area contributed by atoms with Gasteiger partial charge in [0.05, 0.1) is 6.04 Å².